The van der Waals surface area contributed by atoms with E-state index in [9.17, 15) is 4.79 Å². The molecule has 0 N–H and O–H groups in total. The monoisotopic (exact) mass is 271 g/mol. The van der Waals surface area contributed by atoms with Crippen LogP contribution < -0.4 is 0 Å². The van der Waals surface area contributed by atoms with Gasteiger partial charge in [0, 0.05) is 11.8 Å². The van der Waals surface area contributed by atoms with Crippen LogP contribution in [0.15, 0.2) is 5.38 Å². The van der Waals surface area contributed by atoms with Crippen LogP contribution in [-0.4, -0.2) is 23.3 Å². The SMILES string of the molecule is CCOC(=O)CCc1csc(C2CCCS2)n1. The van der Waals surface area contributed by atoms with E-state index < -0.39 is 0 Å². The fourth-order valence-electron chi connectivity index (χ4n) is 1.82. The van der Waals surface area contributed by atoms with Gasteiger partial charge in [0.15, 0.2) is 0 Å². The first-order chi connectivity index (χ1) is 8.29. The molecule has 1 aliphatic heterocycles. The van der Waals surface area contributed by atoms with E-state index in [4.69, 9.17) is 4.74 Å². The molecule has 1 unspecified atom stereocenters. The van der Waals surface area contributed by atoms with Gasteiger partial charge in [-0.05, 0) is 25.5 Å². The Kier molecular flexibility index (Phi) is 4.86. The average molecular weight is 271 g/mol. The minimum absolute atomic E-state index is 0.128. The Morgan fingerprint density at radius 2 is 2.53 bits per heavy atom. The third kappa shape index (κ3) is 3.71. The van der Waals surface area contributed by atoms with Crippen LogP contribution in [0.1, 0.15) is 42.1 Å². The molecule has 0 radical (unpaired) electrons. The Morgan fingerprint density at radius 3 is 3.24 bits per heavy atom. The maximum absolute atomic E-state index is 11.2. The minimum atomic E-state index is -0.128. The molecule has 0 saturated carbocycles. The second-order valence-corrected chi connectivity index (χ2v) is 6.18. The number of rotatable bonds is 5. The molecule has 5 heteroatoms. The Labute approximate surface area is 110 Å². The van der Waals surface area contributed by atoms with Gasteiger partial charge in [0.05, 0.1) is 24.0 Å². The summed E-state index contributed by atoms with van der Waals surface area (Å²) in [5, 5.41) is 3.90. The lowest BCUT2D eigenvalue weighted by Gasteiger charge is -2.02. The van der Waals surface area contributed by atoms with Gasteiger partial charge in [0.25, 0.3) is 0 Å². The van der Waals surface area contributed by atoms with Gasteiger partial charge >= 0.3 is 5.97 Å². The summed E-state index contributed by atoms with van der Waals surface area (Å²) >= 11 is 3.73. The van der Waals surface area contributed by atoms with Crippen molar-refractivity contribution in [1.29, 1.82) is 0 Å². The van der Waals surface area contributed by atoms with Crippen molar-refractivity contribution in [3.8, 4) is 0 Å². The van der Waals surface area contributed by atoms with Crippen molar-refractivity contribution in [2.24, 2.45) is 0 Å². The van der Waals surface area contributed by atoms with E-state index >= 15 is 0 Å². The second-order valence-electron chi connectivity index (χ2n) is 3.98. The maximum atomic E-state index is 11.2. The zero-order chi connectivity index (χ0) is 12.1. The first-order valence-electron chi connectivity index (χ1n) is 6.01. The van der Waals surface area contributed by atoms with Crippen molar-refractivity contribution in [3.63, 3.8) is 0 Å². The standard InChI is InChI=1S/C12H17NO2S2/c1-2-15-11(14)6-5-9-8-17-12(13-9)10-4-3-7-16-10/h8,10H,2-7H2,1H3. The van der Waals surface area contributed by atoms with Gasteiger partial charge in [-0.1, -0.05) is 0 Å². The van der Waals surface area contributed by atoms with Crippen LogP contribution in [0, 0.1) is 0 Å². The van der Waals surface area contributed by atoms with Crippen molar-refractivity contribution < 1.29 is 9.53 Å². The first kappa shape index (κ1) is 12.9. The molecule has 0 spiro atoms. The van der Waals surface area contributed by atoms with E-state index in [1.54, 1.807) is 11.3 Å². The predicted molar refractivity (Wildman–Crippen MR) is 71.5 cm³/mol. The summed E-state index contributed by atoms with van der Waals surface area (Å²) in [6.07, 6.45) is 3.68. The molecule has 2 heterocycles. The number of hydrogen-bond acceptors (Lipinski definition) is 5. The normalized spacial score (nSPS) is 19.5. The number of carbonyl (C=O) groups is 1. The smallest absolute Gasteiger partial charge is 0.306 e. The molecule has 1 aromatic rings. The van der Waals surface area contributed by atoms with E-state index in [0.717, 1.165) is 5.69 Å². The summed E-state index contributed by atoms with van der Waals surface area (Å²) in [7, 11) is 0. The molecule has 2 rings (SSSR count). The van der Waals surface area contributed by atoms with E-state index in [0.29, 0.717) is 24.7 Å². The number of aromatic nitrogens is 1. The molecule has 1 fully saturated rings. The molecule has 0 amide bonds. The van der Waals surface area contributed by atoms with Gasteiger partial charge < -0.3 is 4.74 Å². The van der Waals surface area contributed by atoms with Crippen LogP contribution in [0.3, 0.4) is 0 Å². The quantitative estimate of drug-likeness (QED) is 0.771. The summed E-state index contributed by atoms with van der Waals surface area (Å²) in [5.74, 6) is 1.12. The summed E-state index contributed by atoms with van der Waals surface area (Å²) in [6, 6.07) is 0. The second kappa shape index (κ2) is 6.40. The van der Waals surface area contributed by atoms with E-state index in [1.807, 2.05) is 18.7 Å². The Balaban J connectivity index is 1.83. The lowest BCUT2D eigenvalue weighted by Crippen LogP contribution is -2.05. The van der Waals surface area contributed by atoms with E-state index in [2.05, 4.69) is 10.4 Å². The van der Waals surface area contributed by atoms with Crippen molar-refractivity contribution in [3.05, 3.63) is 16.1 Å². The van der Waals surface area contributed by atoms with Crippen molar-refractivity contribution in [1.82, 2.24) is 4.98 Å². The van der Waals surface area contributed by atoms with Crippen LogP contribution >= 0.6 is 23.1 Å². The first-order valence-corrected chi connectivity index (χ1v) is 7.94. The molecule has 1 saturated heterocycles. The highest BCUT2D eigenvalue weighted by atomic mass is 32.2. The third-order valence-corrected chi connectivity index (χ3v) is 5.21. The number of nitrogens with zero attached hydrogens (tertiary/aromatic N) is 1. The summed E-state index contributed by atoms with van der Waals surface area (Å²) in [6.45, 7) is 2.29. The minimum Gasteiger partial charge on any atom is -0.466 e. The highest BCUT2D eigenvalue weighted by molar-refractivity contribution is 7.99. The molecule has 0 bridgehead atoms. The molecule has 17 heavy (non-hydrogen) atoms. The fourth-order valence-corrected chi connectivity index (χ4v) is 4.21. The molecule has 0 aromatic carbocycles. The largest absolute Gasteiger partial charge is 0.466 e. The average Bonchev–Trinajstić information content (AvgIpc) is 2.97. The summed E-state index contributed by atoms with van der Waals surface area (Å²) in [4.78, 5) is 15.8. The number of carbonyl (C=O) groups excluding carboxylic acids is 1. The Morgan fingerprint density at radius 1 is 1.65 bits per heavy atom. The van der Waals surface area contributed by atoms with Crippen LogP contribution in [0.2, 0.25) is 0 Å². The van der Waals surface area contributed by atoms with Crippen LogP contribution in [-0.2, 0) is 16.0 Å². The van der Waals surface area contributed by atoms with Gasteiger partial charge in [-0.3, -0.25) is 4.79 Å². The number of thioether (sulfide) groups is 1. The van der Waals surface area contributed by atoms with Crippen LogP contribution in [0.5, 0.6) is 0 Å². The number of thiazole rings is 1. The summed E-state index contributed by atoms with van der Waals surface area (Å²) in [5.41, 5.74) is 1.03. The number of esters is 1. The highest BCUT2D eigenvalue weighted by Crippen LogP contribution is 2.40. The molecule has 1 atom stereocenters. The van der Waals surface area contributed by atoms with Gasteiger partial charge in [-0.2, -0.15) is 11.8 Å². The van der Waals surface area contributed by atoms with Crippen LogP contribution in [0.25, 0.3) is 0 Å². The van der Waals surface area contributed by atoms with Crippen molar-refractivity contribution in [2.45, 2.75) is 37.9 Å². The highest BCUT2D eigenvalue weighted by Gasteiger charge is 2.20. The number of hydrogen-bond donors (Lipinski definition) is 0. The Bertz CT molecular complexity index is 372. The molecule has 3 nitrogen and oxygen atoms in total. The number of ether oxygens (including phenoxy) is 1. The molecular weight excluding hydrogens is 254 g/mol. The molecule has 94 valence electrons. The lowest BCUT2D eigenvalue weighted by molar-refractivity contribution is -0.143. The van der Waals surface area contributed by atoms with Crippen molar-refractivity contribution >= 4 is 29.1 Å². The molecule has 1 aliphatic rings. The zero-order valence-corrected chi connectivity index (χ0v) is 11.6. The fraction of sp³-hybridized carbons (Fsp3) is 0.667. The van der Waals surface area contributed by atoms with Gasteiger partial charge in [0.2, 0.25) is 0 Å². The summed E-state index contributed by atoms with van der Waals surface area (Å²) < 4.78 is 4.90. The molecule has 1 aromatic heterocycles. The van der Waals surface area contributed by atoms with Gasteiger partial charge in [-0.25, -0.2) is 4.98 Å². The topological polar surface area (TPSA) is 39.2 Å². The number of aryl methyl sites for hydroxylation is 1. The predicted octanol–water partition coefficient (Wildman–Crippen LogP) is 3.21. The van der Waals surface area contributed by atoms with E-state index in [-0.39, 0.29) is 5.97 Å². The molecule has 0 aliphatic carbocycles. The zero-order valence-electron chi connectivity index (χ0n) is 9.98. The van der Waals surface area contributed by atoms with E-state index in [1.165, 1.54) is 23.6 Å². The van der Waals surface area contributed by atoms with Gasteiger partial charge in [0.1, 0.15) is 5.01 Å². The van der Waals surface area contributed by atoms with Crippen LogP contribution in [0.4, 0.5) is 0 Å². The lowest BCUT2D eigenvalue weighted by atomic mass is 10.2. The van der Waals surface area contributed by atoms with Crippen molar-refractivity contribution in [2.75, 3.05) is 12.4 Å². The molecular formula is C12H17NO2S2. The Hall–Kier alpha value is -0.550. The third-order valence-electron chi connectivity index (χ3n) is 2.67. The maximum Gasteiger partial charge on any atom is 0.306 e. The van der Waals surface area contributed by atoms with Gasteiger partial charge in [-0.15, -0.1) is 11.3 Å².